The maximum atomic E-state index is 11.2. The van der Waals surface area contributed by atoms with Gasteiger partial charge in [-0.05, 0) is 45.1 Å². The number of hydrogen-bond donors (Lipinski definition) is 0. The van der Waals surface area contributed by atoms with E-state index in [1.807, 2.05) is 40.0 Å². The Morgan fingerprint density at radius 1 is 1.33 bits per heavy atom. The summed E-state index contributed by atoms with van der Waals surface area (Å²) >= 11 is 0. The fourth-order valence-electron chi connectivity index (χ4n) is 1.73. The molecule has 6 heteroatoms. The number of esters is 1. The lowest BCUT2D eigenvalue weighted by molar-refractivity contribution is 0.0563. The zero-order chi connectivity index (χ0) is 23.4. The minimum atomic E-state index is -0.491. The molecule has 0 aliphatic carbocycles. The quantitative estimate of drug-likeness (QED) is 0.157. The Balaban J connectivity index is 0. The molecular weight excluding hydrogens is 380 g/mol. The zero-order valence-corrected chi connectivity index (χ0v) is 19.4. The van der Waals surface area contributed by atoms with Crippen molar-refractivity contribution in [2.24, 2.45) is 9.98 Å². The van der Waals surface area contributed by atoms with Gasteiger partial charge in [0.25, 0.3) is 0 Å². The van der Waals surface area contributed by atoms with Gasteiger partial charge in [0, 0.05) is 37.7 Å². The number of carbonyl (C=O) groups is 1. The Kier molecular flexibility index (Phi) is 18.6. The molecule has 30 heavy (non-hydrogen) atoms. The predicted molar refractivity (Wildman–Crippen MR) is 126 cm³/mol. The van der Waals surface area contributed by atoms with Gasteiger partial charge in [0.05, 0.1) is 7.11 Å². The maximum Gasteiger partial charge on any atom is 0.373 e. The fourth-order valence-corrected chi connectivity index (χ4v) is 1.73. The summed E-state index contributed by atoms with van der Waals surface area (Å²) in [5.41, 5.74) is 1.93. The van der Waals surface area contributed by atoms with Crippen molar-refractivity contribution in [2.75, 3.05) is 14.2 Å². The Labute approximate surface area is 181 Å². The predicted octanol–water partition coefficient (Wildman–Crippen LogP) is 6.24. The number of carbonyl (C=O) groups excluding carboxylic acids is 1. The average molecular weight is 417 g/mol. The third-order valence-corrected chi connectivity index (χ3v) is 3.24. The van der Waals surface area contributed by atoms with E-state index in [9.17, 15) is 4.79 Å². The van der Waals surface area contributed by atoms with Crippen LogP contribution < -0.4 is 0 Å². The van der Waals surface area contributed by atoms with Crippen LogP contribution >= 0.6 is 0 Å². The molecule has 0 spiro atoms. The molecule has 0 saturated carbocycles. The van der Waals surface area contributed by atoms with Gasteiger partial charge in [0.2, 0.25) is 5.76 Å². The van der Waals surface area contributed by atoms with Gasteiger partial charge in [-0.1, -0.05) is 32.6 Å². The van der Waals surface area contributed by atoms with Gasteiger partial charge >= 0.3 is 5.97 Å². The first-order chi connectivity index (χ1) is 14.4. The average Bonchev–Trinajstić information content (AvgIpc) is 3.13. The number of furan rings is 1. The number of ether oxygens (including phenoxy) is 2. The first kappa shape index (κ1) is 29.1. The summed E-state index contributed by atoms with van der Waals surface area (Å²) in [5.74, 6) is 1.02. The normalized spacial score (nSPS) is 11.0. The Morgan fingerprint density at radius 3 is 2.50 bits per heavy atom. The summed E-state index contributed by atoms with van der Waals surface area (Å²) < 4.78 is 15.3. The first-order valence-electron chi connectivity index (χ1n) is 9.72. The molecule has 0 atom stereocenters. The van der Waals surface area contributed by atoms with Crippen LogP contribution in [0.25, 0.3) is 0 Å². The monoisotopic (exact) mass is 416 g/mol. The van der Waals surface area contributed by atoms with Gasteiger partial charge in [-0.3, -0.25) is 9.98 Å². The maximum absolute atomic E-state index is 11.2. The van der Waals surface area contributed by atoms with Crippen molar-refractivity contribution >= 4 is 18.4 Å². The van der Waals surface area contributed by atoms with Crippen LogP contribution in [0.1, 0.15) is 56.0 Å². The van der Waals surface area contributed by atoms with Gasteiger partial charge in [-0.25, -0.2) is 4.79 Å². The van der Waals surface area contributed by atoms with E-state index in [4.69, 9.17) is 9.15 Å². The topological polar surface area (TPSA) is 73.4 Å². The first-order valence-corrected chi connectivity index (χ1v) is 9.72. The summed E-state index contributed by atoms with van der Waals surface area (Å²) in [5, 5.41) is 0. The molecule has 0 unspecified atom stereocenters. The second-order valence-corrected chi connectivity index (χ2v) is 5.61. The Hall–Kier alpha value is -3.15. The molecule has 0 bridgehead atoms. The van der Waals surface area contributed by atoms with E-state index >= 15 is 0 Å². The zero-order valence-electron chi connectivity index (χ0n) is 19.4. The summed E-state index contributed by atoms with van der Waals surface area (Å²) in [6.45, 7) is 17.3. The fraction of sp³-hybridized carbons (Fsp3) is 0.375. The molecule has 0 aliphatic rings. The highest BCUT2D eigenvalue weighted by molar-refractivity contribution is 5.86. The molecule has 0 aliphatic heterocycles. The van der Waals surface area contributed by atoms with Crippen LogP contribution in [-0.4, -0.2) is 32.6 Å². The lowest BCUT2D eigenvalue weighted by Crippen LogP contribution is -1.98. The van der Waals surface area contributed by atoms with Gasteiger partial charge in [0.15, 0.2) is 0 Å². The van der Waals surface area contributed by atoms with Crippen molar-refractivity contribution < 1.29 is 18.7 Å². The van der Waals surface area contributed by atoms with E-state index in [-0.39, 0.29) is 5.76 Å². The van der Waals surface area contributed by atoms with E-state index < -0.39 is 5.97 Å². The lowest BCUT2D eigenvalue weighted by atomic mass is 10.2. The summed E-state index contributed by atoms with van der Waals surface area (Å²) in [7, 11) is 3.04. The highest BCUT2D eigenvalue weighted by Gasteiger charge is 2.14. The Bertz CT molecular complexity index is 753. The largest absolute Gasteiger partial charge is 0.489 e. The van der Waals surface area contributed by atoms with Crippen LogP contribution in [0.15, 0.2) is 69.4 Å². The number of allylic oxidation sites excluding steroid dienone is 4. The highest BCUT2D eigenvalue weighted by atomic mass is 16.5. The molecule has 0 saturated heterocycles. The third kappa shape index (κ3) is 13.9. The van der Waals surface area contributed by atoms with E-state index in [1.54, 1.807) is 44.6 Å². The SMILES string of the molecule is C=C(C)CC=N/C=C\C=NC.C=C/C(=C\C)OCc1cc(C(=O)OC)oc1C.CC. The molecule has 0 N–H and O–H groups in total. The van der Waals surface area contributed by atoms with Crippen molar-refractivity contribution in [3.8, 4) is 0 Å². The molecule has 0 amide bonds. The van der Waals surface area contributed by atoms with Crippen molar-refractivity contribution in [3.05, 3.63) is 72.1 Å². The van der Waals surface area contributed by atoms with E-state index in [1.165, 1.54) is 7.11 Å². The van der Waals surface area contributed by atoms with Crippen molar-refractivity contribution in [1.82, 2.24) is 0 Å². The van der Waals surface area contributed by atoms with Crippen LogP contribution in [-0.2, 0) is 16.1 Å². The molecule has 1 heterocycles. The van der Waals surface area contributed by atoms with Crippen molar-refractivity contribution in [2.45, 2.75) is 47.6 Å². The summed E-state index contributed by atoms with van der Waals surface area (Å²) in [6.07, 6.45) is 11.3. The van der Waals surface area contributed by atoms with Gasteiger partial charge in [0.1, 0.15) is 18.1 Å². The number of aliphatic imine (C=N–C) groups is 2. The Morgan fingerprint density at radius 2 is 2.00 bits per heavy atom. The molecule has 0 fully saturated rings. The van der Waals surface area contributed by atoms with Gasteiger partial charge in [-0.2, -0.15) is 0 Å². The van der Waals surface area contributed by atoms with Crippen LogP contribution in [0.2, 0.25) is 0 Å². The molecule has 0 aromatic carbocycles. The van der Waals surface area contributed by atoms with Gasteiger partial charge in [-0.15, -0.1) is 0 Å². The smallest absolute Gasteiger partial charge is 0.373 e. The second-order valence-electron chi connectivity index (χ2n) is 5.61. The summed E-state index contributed by atoms with van der Waals surface area (Å²) in [4.78, 5) is 19.0. The van der Waals surface area contributed by atoms with Crippen molar-refractivity contribution in [3.63, 3.8) is 0 Å². The minimum absolute atomic E-state index is 0.184. The molecule has 6 nitrogen and oxygen atoms in total. The number of methoxy groups -OCH3 is 1. The van der Waals surface area contributed by atoms with Crippen LogP contribution in [0.4, 0.5) is 0 Å². The molecular formula is C24H36N2O4. The standard InChI is InChI=1S/C13H16O4.C9H14N2.C2H6/c1-5-11(6-2)16-8-10-7-12(13(14)15-4)17-9(10)3;1-9(2)5-8-11-7-4-6-10-3;1-2/h5-7H,1,8H2,2-4H3;4,6-8H,1,5H2,2-3H3;1-2H3/b11-6+;7-4-,10-6?,11-8?;. The molecule has 1 aromatic heterocycles. The van der Waals surface area contributed by atoms with Crippen LogP contribution in [0.5, 0.6) is 0 Å². The number of nitrogens with zero attached hydrogens (tertiary/aromatic N) is 2. The number of hydrogen-bond acceptors (Lipinski definition) is 6. The van der Waals surface area contributed by atoms with E-state index in [0.717, 1.165) is 17.6 Å². The van der Waals surface area contributed by atoms with Gasteiger partial charge < -0.3 is 13.9 Å². The van der Waals surface area contributed by atoms with E-state index in [2.05, 4.69) is 27.9 Å². The number of rotatable bonds is 9. The molecule has 166 valence electrons. The molecule has 0 radical (unpaired) electrons. The highest BCUT2D eigenvalue weighted by Crippen LogP contribution is 2.17. The number of aryl methyl sites for hydroxylation is 1. The third-order valence-electron chi connectivity index (χ3n) is 3.24. The summed E-state index contributed by atoms with van der Waals surface area (Å²) in [6, 6.07) is 1.62. The molecule has 1 aromatic rings. The minimum Gasteiger partial charge on any atom is -0.489 e. The molecule has 1 rings (SSSR count). The van der Waals surface area contributed by atoms with Crippen molar-refractivity contribution in [1.29, 1.82) is 0 Å². The van der Waals surface area contributed by atoms with Crippen LogP contribution in [0, 0.1) is 6.92 Å². The van der Waals surface area contributed by atoms with Crippen LogP contribution in [0.3, 0.4) is 0 Å². The second kappa shape index (κ2) is 19.2. The van der Waals surface area contributed by atoms with E-state index in [0.29, 0.717) is 18.1 Å². The lowest BCUT2D eigenvalue weighted by Gasteiger charge is -2.04.